The molecule has 124 valence electrons. The van der Waals surface area contributed by atoms with Crippen molar-refractivity contribution >= 4 is 27.6 Å². The molecule has 1 aromatic carbocycles. The van der Waals surface area contributed by atoms with E-state index in [4.69, 9.17) is 5.73 Å². The van der Waals surface area contributed by atoms with E-state index in [0.717, 1.165) is 55.3 Å². The van der Waals surface area contributed by atoms with Gasteiger partial charge in [-0.15, -0.1) is 0 Å². The average Bonchev–Trinajstić information content (AvgIpc) is 3.03. The Labute approximate surface area is 134 Å². The Morgan fingerprint density at radius 1 is 1.04 bits per heavy atom. The minimum absolute atomic E-state index is 0.749. The standard InChI is InChI=1S/C15H19N3O4S/c16-13(19)8-23(21,22)18-15(20)17-14-11-5-1-3-9(11)7-10-4-2-6-12(10)14/h7H,1-6,8H2,(H2,16,19)(H2,17,18,20). The summed E-state index contributed by atoms with van der Waals surface area (Å²) < 4.78 is 25.1. The van der Waals surface area contributed by atoms with E-state index in [1.165, 1.54) is 11.1 Å². The van der Waals surface area contributed by atoms with Crippen LogP contribution in [0.4, 0.5) is 10.5 Å². The first-order valence-corrected chi connectivity index (χ1v) is 9.27. The quantitative estimate of drug-likeness (QED) is 0.745. The van der Waals surface area contributed by atoms with Gasteiger partial charge in [0.1, 0.15) is 5.75 Å². The number of hydrogen-bond donors (Lipinski definition) is 3. The van der Waals surface area contributed by atoms with Crippen LogP contribution in [-0.4, -0.2) is 26.1 Å². The Bertz CT molecular complexity index is 754. The Kier molecular flexibility index (Phi) is 4.01. The maximum atomic E-state index is 12.1. The molecule has 0 heterocycles. The van der Waals surface area contributed by atoms with Gasteiger partial charge in [0.25, 0.3) is 0 Å². The lowest BCUT2D eigenvalue weighted by atomic mass is 9.99. The topological polar surface area (TPSA) is 118 Å². The van der Waals surface area contributed by atoms with E-state index < -0.39 is 27.7 Å². The fourth-order valence-corrected chi connectivity index (χ4v) is 4.25. The Morgan fingerprint density at radius 3 is 2.13 bits per heavy atom. The van der Waals surface area contributed by atoms with Crippen LogP contribution in [0.15, 0.2) is 6.07 Å². The van der Waals surface area contributed by atoms with Gasteiger partial charge in [0.2, 0.25) is 15.9 Å². The van der Waals surface area contributed by atoms with Crippen molar-refractivity contribution in [1.82, 2.24) is 4.72 Å². The summed E-state index contributed by atoms with van der Waals surface area (Å²) in [6.45, 7) is 0. The SMILES string of the molecule is NC(=O)CS(=O)(=O)NC(=O)Nc1c2c(cc3c1CCC3)CCC2. The zero-order valence-corrected chi connectivity index (χ0v) is 13.5. The number of nitrogens with one attached hydrogen (secondary N) is 2. The molecule has 8 heteroatoms. The van der Waals surface area contributed by atoms with Crippen LogP contribution in [-0.2, 0) is 40.5 Å². The largest absolute Gasteiger partial charge is 0.369 e. The summed E-state index contributed by atoms with van der Waals surface area (Å²) >= 11 is 0. The van der Waals surface area contributed by atoms with Crippen molar-refractivity contribution in [3.63, 3.8) is 0 Å². The predicted molar refractivity (Wildman–Crippen MR) is 85.6 cm³/mol. The molecule has 2 aliphatic rings. The lowest BCUT2D eigenvalue weighted by molar-refractivity contribution is -0.115. The molecule has 7 nitrogen and oxygen atoms in total. The highest BCUT2D eigenvalue weighted by Crippen LogP contribution is 2.38. The molecule has 0 saturated heterocycles. The Balaban J connectivity index is 1.84. The van der Waals surface area contributed by atoms with Gasteiger partial charge in [0.05, 0.1) is 0 Å². The van der Waals surface area contributed by atoms with Gasteiger partial charge in [0.15, 0.2) is 0 Å². The van der Waals surface area contributed by atoms with Crippen molar-refractivity contribution in [2.75, 3.05) is 11.1 Å². The highest BCUT2D eigenvalue weighted by atomic mass is 32.2. The van der Waals surface area contributed by atoms with Crippen LogP contribution in [0.5, 0.6) is 0 Å². The summed E-state index contributed by atoms with van der Waals surface area (Å²) in [5.41, 5.74) is 10.3. The van der Waals surface area contributed by atoms with Crippen molar-refractivity contribution in [2.24, 2.45) is 5.73 Å². The maximum absolute atomic E-state index is 12.1. The summed E-state index contributed by atoms with van der Waals surface area (Å²) in [5, 5.41) is 2.69. The fourth-order valence-electron chi connectivity index (χ4n) is 3.47. The second-order valence-electron chi connectivity index (χ2n) is 6.02. The highest BCUT2D eigenvalue weighted by molar-refractivity contribution is 7.90. The number of aryl methyl sites for hydroxylation is 2. The molecule has 0 atom stereocenters. The van der Waals surface area contributed by atoms with Gasteiger partial charge in [-0.05, 0) is 60.8 Å². The van der Waals surface area contributed by atoms with E-state index in [0.29, 0.717) is 0 Å². The fraction of sp³-hybridized carbons (Fsp3) is 0.467. The van der Waals surface area contributed by atoms with Crippen LogP contribution >= 0.6 is 0 Å². The second kappa shape index (κ2) is 5.84. The summed E-state index contributed by atoms with van der Waals surface area (Å²) in [6, 6.07) is 1.37. The number of primary amides is 1. The monoisotopic (exact) mass is 337 g/mol. The van der Waals surface area contributed by atoms with Gasteiger partial charge in [-0.2, -0.15) is 0 Å². The number of rotatable bonds is 4. The normalized spacial score (nSPS) is 15.8. The van der Waals surface area contributed by atoms with Crippen molar-refractivity contribution in [3.05, 3.63) is 28.3 Å². The van der Waals surface area contributed by atoms with Crippen molar-refractivity contribution in [2.45, 2.75) is 38.5 Å². The zero-order chi connectivity index (χ0) is 16.6. The van der Waals surface area contributed by atoms with Crippen LogP contribution in [0.3, 0.4) is 0 Å². The second-order valence-corrected chi connectivity index (χ2v) is 7.74. The summed E-state index contributed by atoms with van der Waals surface area (Å²) in [4.78, 5) is 22.8. The molecule has 1 aromatic rings. The molecule has 4 N–H and O–H groups in total. The number of amides is 3. The van der Waals surface area contributed by atoms with Crippen molar-refractivity contribution < 1.29 is 18.0 Å². The molecule has 3 rings (SSSR count). The minimum Gasteiger partial charge on any atom is -0.369 e. The number of carbonyl (C=O) groups is 2. The molecular formula is C15H19N3O4S. The van der Waals surface area contributed by atoms with E-state index in [1.54, 1.807) is 0 Å². The predicted octanol–water partition coefficient (Wildman–Crippen LogP) is 0.601. The number of hydrogen-bond acceptors (Lipinski definition) is 4. The third-order valence-electron chi connectivity index (χ3n) is 4.29. The van der Waals surface area contributed by atoms with E-state index in [-0.39, 0.29) is 0 Å². The van der Waals surface area contributed by atoms with Gasteiger partial charge in [-0.1, -0.05) is 6.07 Å². The highest BCUT2D eigenvalue weighted by Gasteiger charge is 2.26. The molecule has 0 aromatic heterocycles. The summed E-state index contributed by atoms with van der Waals surface area (Å²) in [6.07, 6.45) is 5.80. The first-order valence-electron chi connectivity index (χ1n) is 7.62. The van der Waals surface area contributed by atoms with E-state index in [1.807, 2.05) is 4.72 Å². The third kappa shape index (κ3) is 3.31. The van der Waals surface area contributed by atoms with Gasteiger partial charge in [-0.25, -0.2) is 17.9 Å². The van der Waals surface area contributed by atoms with Crippen LogP contribution < -0.4 is 15.8 Å². The Morgan fingerprint density at radius 2 is 1.61 bits per heavy atom. The summed E-state index contributed by atoms with van der Waals surface area (Å²) in [7, 11) is -4.06. The molecule has 3 amide bonds. The van der Waals surface area contributed by atoms with E-state index >= 15 is 0 Å². The molecule has 23 heavy (non-hydrogen) atoms. The molecule has 0 aliphatic heterocycles. The summed E-state index contributed by atoms with van der Waals surface area (Å²) in [5.74, 6) is -1.92. The lowest BCUT2D eigenvalue weighted by Gasteiger charge is -2.16. The lowest BCUT2D eigenvalue weighted by Crippen LogP contribution is -2.39. The van der Waals surface area contributed by atoms with Gasteiger partial charge >= 0.3 is 6.03 Å². The van der Waals surface area contributed by atoms with Crippen molar-refractivity contribution in [1.29, 1.82) is 0 Å². The molecular weight excluding hydrogens is 318 g/mol. The molecule has 2 aliphatic carbocycles. The van der Waals surface area contributed by atoms with Crippen LogP contribution in [0.1, 0.15) is 35.1 Å². The van der Waals surface area contributed by atoms with E-state index in [2.05, 4.69) is 11.4 Å². The molecule has 0 spiro atoms. The molecule has 0 saturated carbocycles. The molecule has 0 radical (unpaired) electrons. The van der Waals surface area contributed by atoms with E-state index in [9.17, 15) is 18.0 Å². The van der Waals surface area contributed by atoms with Crippen molar-refractivity contribution in [3.8, 4) is 0 Å². The smallest absolute Gasteiger partial charge is 0.332 e. The zero-order valence-electron chi connectivity index (χ0n) is 12.6. The number of benzene rings is 1. The first kappa shape index (κ1) is 15.8. The van der Waals surface area contributed by atoms with Crippen LogP contribution in [0.25, 0.3) is 0 Å². The first-order chi connectivity index (χ1) is 10.9. The van der Waals surface area contributed by atoms with Crippen LogP contribution in [0, 0.1) is 0 Å². The molecule has 0 bridgehead atoms. The molecule has 0 fully saturated rings. The number of nitrogens with two attached hydrogens (primary N) is 1. The molecule has 0 unspecified atom stereocenters. The minimum atomic E-state index is -4.06. The Hall–Kier alpha value is -2.09. The average molecular weight is 337 g/mol. The van der Waals surface area contributed by atoms with Crippen LogP contribution in [0.2, 0.25) is 0 Å². The number of urea groups is 1. The number of sulfonamides is 1. The van der Waals surface area contributed by atoms with Gasteiger partial charge in [-0.3, -0.25) is 4.79 Å². The van der Waals surface area contributed by atoms with Gasteiger partial charge < -0.3 is 11.1 Å². The van der Waals surface area contributed by atoms with Gasteiger partial charge in [0, 0.05) is 5.69 Å². The number of fused-ring (bicyclic) bond motifs is 2. The number of anilines is 1. The maximum Gasteiger partial charge on any atom is 0.332 e. The number of carbonyl (C=O) groups excluding carboxylic acids is 2. The third-order valence-corrected chi connectivity index (χ3v) is 5.45.